The molecule has 0 saturated heterocycles. The lowest BCUT2D eigenvalue weighted by molar-refractivity contribution is 0.765. The summed E-state index contributed by atoms with van der Waals surface area (Å²) in [5.41, 5.74) is 1.79. The predicted octanol–water partition coefficient (Wildman–Crippen LogP) is 3.40. The molecule has 6 nitrogen and oxygen atoms in total. The summed E-state index contributed by atoms with van der Waals surface area (Å²) in [5, 5.41) is 15.6. The largest absolute Gasteiger partial charge is 0.357 e. The van der Waals surface area contributed by atoms with E-state index >= 15 is 0 Å². The maximum atomic E-state index is 6.25. The lowest BCUT2D eigenvalue weighted by atomic mass is 10.2. The second-order valence-electron chi connectivity index (χ2n) is 5.33. The third kappa shape index (κ3) is 4.49. The molecule has 3 rings (SSSR count). The van der Waals surface area contributed by atoms with Crippen LogP contribution in [0.2, 0.25) is 5.02 Å². The molecule has 0 unspecified atom stereocenters. The summed E-state index contributed by atoms with van der Waals surface area (Å²) in [6.45, 7) is 3.80. The third-order valence-electron chi connectivity index (χ3n) is 3.57. The average Bonchev–Trinajstić information content (AvgIpc) is 3.02. The van der Waals surface area contributed by atoms with E-state index in [0.29, 0.717) is 24.1 Å². The lowest BCUT2D eigenvalue weighted by Crippen LogP contribution is -2.37. The molecule has 3 aromatic rings. The molecule has 0 aliphatic rings. The Balaban J connectivity index is 1.70. The smallest absolute Gasteiger partial charge is 0.191 e. The van der Waals surface area contributed by atoms with E-state index < -0.39 is 0 Å². The molecule has 130 valence electrons. The molecule has 0 saturated carbocycles. The molecular formula is C17H18BrClN6. The molecule has 0 aliphatic heterocycles. The molecule has 8 heteroatoms. The van der Waals surface area contributed by atoms with E-state index in [1.54, 1.807) is 0 Å². The number of halogens is 2. The van der Waals surface area contributed by atoms with Crippen LogP contribution in [0.15, 0.2) is 52.1 Å². The number of hydrogen-bond acceptors (Lipinski definition) is 3. The number of fused-ring (bicyclic) bond motifs is 1. The highest BCUT2D eigenvalue weighted by atomic mass is 79.9. The minimum absolute atomic E-state index is 0.488. The first-order valence-corrected chi connectivity index (χ1v) is 9.09. The fourth-order valence-corrected chi connectivity index (χ4v) is 3.06. The van der Waals surface area contributed by atoms with Crippen molar-refractivity contribution in [3.8, 4) is 0 Å². The van der Waals surface area contributed by atoms with Gasteiger partial charge in [0.2, 0.25) is 0 Å². The van der Waals surface area contributed by atoms with Gasteiger partial charge < -0.3 is 10.6 Å². The van der Waals surface area contributed by atoms with Gasteiger partial charge in [0.15, 0.2) is 17.4 Å². The highest BCUT2D eigenvalue weighted by Gasteiger charge is 2.06. The Hall–Kier alpha value is -2.12. The molecule has 0 atom stereocenters. The van der Waals surface area contributed by atoms with Crippen LogP contribution >= 0.6 is 27.5 Å². The molecule has 0 bridgehead atoms. The molecule has 0 fully saturated rings. The van der Waals surface area contributed by atoms with E-state index in [2.05, 4.69) is 41.8 Å². The zero-order valence-corrected chi connectivity index (χ0v) is 16.0. The van der Waals surface area contributed by atoms with Crippen molar-refractivity contribution < 1.29 is 0 Å². The first kappa shape index (κ1) is 17.7. The number of guanidine groups is 1. The molecule has 0 radical (unpaired) electrons. The summed E-state index contributed by atoms with van der Waals surface area (Å²) in [6.07, 6.45) is 1.94. The van der Waals surface area contributed by atoms with Gasteiger partial charge in [-0.25, -0.2) is 4.99 Å². The summed E-state index contributed by atoms with van der Waals surface area (Å²) >= 11 is 9.66. The maximum Gasteiger partial charge on any atom is 0.191 e. The molecule has 1 aromatic carbocycles. The van der Waals surface area contributed by atoms with Crippen LogP contribution < -0.4 is 10.6 Å². The second-order valence-corrected chi connectivity index (χ2v) is 6.65. The van der Waals surface area contributed by atoms with Crippen molar-refractivity contribution in [2.24, 2.45) is 4.99 Å². The van der Waals surface area contributed by atoms with Crippen molar-refractivity contribution in [2.75, 3.05) is 6.54 Å². The van der Waals surface area contributed by atoms with Crippen LogP contribution in [0.3, 0.4) is 0 Å². The number of nitrogens with one attached hydrogen (secondary N) is 2. The minimum atomic E-state index is 0.488. The van der Waals surface area contributed by atoms with E-state index in [0.717, 1.165) is 28.1 Å². The van der Waals surface area contributed by atoms with E-state index in [1.165, 1.54) is 0 Å². The standard InChI is InChI=1S/C17H18BrClN6/c1-2-20-17(21-10-12-6-7-13(18)9-14(12)19)22-11-16-24-23-15-5-3-4-8-25(15)16/h3-9H,2,10-11H2,1H3,(H2,20,21,22). The van der Waals surface area contributed by atoms with Crippen LogP contribution in [0.25, 0.3) is 5.65 Å². The first-order valence-electron chi connectivity index (χ1n) is 7.92. The fraction of sp³-hybridized carbons (Fsp3) is 0.235. The van der Waals surface area contributed by atoms with Crippen LogP contribution in [0, 0.1) is 0 Å². The Morgan fingerprint density at radius 2 is 2.12 bits per heavy atom. The summed E-state index contributed by atoms with van der Waals surface area (Å²) in [5.74, 6) is 1.53. The van der Waals surface area contributed by atoms with Gasteiger partial charge in [-0.05, 0) is 36.8 Å². The van der Waals surface area contributed by atoms with Crippen molar-refractivity contribution in [3.63, 3.8) is 0 Å². The number of aliphatic imine (C=N–C) groups is 1. The monoisotopic (exact) mass is 420 g/mol. The molecular weight excluding hydrogens is 404 g/mol. The number of benzene rings is 1. The van der Waals surface area contributed by atoms with Gasteiger partial charge >= 0.3 is 0 Å². The molecule has 0 aliphatic carbocycles. The van der Waals surface area contributed by atoms with E-state index in [4.69, 9.17) is 11.6 Å². The van der Waals surface area contributed by atoms with Crippen molar-refractivity contribution in [1.82, 2.24) is 25.2 Å². The molecule has 2 N–H and O–H groups in total. The number of nitrogens with zero attached hydrogens (tertiary/aromatic N) is 4. The topological polar surface area (TPSA) is 66.6 Å². The van der Waals surface area contributed by atoms with Crippen LogP contribution in [0.1, 0.15) is 18.3 Å². The van der Waals surface area contributed by atoms with Crippen molar-refractivity contribution >= 4 is 39.1 Å². The quantitative estimate of drug-likeness (QED) is 0.489. The minimum Gasteiger partial charge on any atom is -0.357 e. The number of pyridine rings is 1. The van der Waals surface area contributed by atoms with Gasteiger partial charge in [-0.2, -0.15) is 0 Å². The Morgan fingerprint density at radius 1 is 1.24 bits per heavy atom. The van der Waals surface area contributed by atoms with Crippen molar-refractivity contribution in [3.05, 3.63) is 63.5 Å². The van der Waals surface area contributed by atoms with Gasteiger partial charge in [-0.3, -0.25) is 4.40 Å². The number of hydrogen-bond donors (Lipinski definition) is 2. The second kappa shape index (κ2) is 8.31. The summed E-state index contributed by atoms with van der Waals surface area (Å²) in [4.78, 5) is 4.59. The van der Waals surface area contributed by atoms with Crippen LogP contribution in [-0.4, -0.2) is 27.1 Å². The molecule has 0 spiro atoms. The van der Waals surface area contributed by atoms with Crippen LogP contribution in [0.5, 0.6) is 0 Å². The zero-order valence-electron chi connectivity index (χ0n) is 13.7. The van der Waals surface area contributed by atoms with Gasteiger partial charge in [0.05, 0.1) is 13.1 Å². The van der Waals surface area contributed by atoms with Gasteiger partial charge in [0.1, 0.15) is 0 Å². The SMILES string of the molecule is CCNC(=NCc1ccc(Br)cc1Cl)NCc1nnc2ccccn12. The maximum absolute atomic E-state index is 6.25. The Morgan fingerprint density at radius 3 is 2.92 bits per heavy atom. The average molecular weight is 422 g/mol. The number of aromatic nitrogens is 3. The highest BCUT2D eigenvalue weighted by Crippen LogP contribution is 2.21. The van der Waals surface area contributed by atoms with E-state index in [-0.39, 0.29) is 0 Å². The molecule has 2 heterocycles. The van der Waals surface area contributed by atoms with Gasteiger partial charge in [0.25, 0.3) is 0 Å². The van der Waals surface area contributed by atoms with Crippen LogP contribution in [0.4, 0.5) is 0 Å². The molecule has 2 aromatic heterocycles. The molecule has 25 heavy (non-hydrogen) atoms. The fourth-order valence-electron chi connectivity index (χ4n) is 2.33. The Kier molecular flexibility index (Phi) is 5.88. The summed E-state index contributed by atoms with van der Waals surface area (Å²) < 4.78 is 2.90. The Labute approximate surface area is 159 Å². The number of rotatable bonds is 5. The van der Waals surface area contributed by atoms with Gasteiger partial charge in [0, 0.05) is 22.2 Å². The van der Waals surface area contributed by atoms with Gasteiger partial charge in [-0.15, -0.1) is 10.2 Å². The highest BCUT2D eigenvalue weighted by molar-refractivity contribution is 9.10. The summed E-state index contributed by atoms with van der Waals surface area (Å²) in [7, 11) is 0. The Bertz CT molecular complexity index is 892. The van der Waals surface area contributed by atoms with E-state index in [1.807, 2.05) is 53.9 Å². The van der Waals surface area contributed by atoms with Gasteiger partial charge in [-0.1, -0.05) is 39.7 Å². The van der Waals surface area contributed by atoms with Crippen LogP contribution in [-0.2, 0) is 13.1 Å². The van der Waals surface area contributed by atoms with Crippen molar-refractivity contribution in [2.45, 2.75) is 20.0 Å². The van der Waals surface area contributed by atoms with E-state index in [9.17, 15) is 0 Å². The molecule has 0 amide bonds. The third-order valence-corrected chi connectivity index (χ3v) is 4.41. The zero-order chi connectivity index (χ0) is 17.6. The first-order chi connectivity index (χ1) is 12.2. The lowest BCUT2D eigenvalue weighted by Gasteiger charge is -2.11. The predicted molar refractivity (Wildman–Crippen MR) is 104 cm³/mol. The van der Waals surface area contributed by atoms with Crippen molar-refractivity contribution in [1.29, 1.82) is 0 Å². The normalized spacial score (nSPS) is 11.7. The summed E-state index contributed by atoms with van der Waals surface area (Å²) in [6, 6.07) is 11.6.